The summed E-state index contributed by atoms with van der Waals surface area (Å²) >= 11 is 0. The Labute approximate surface area is 124 Å². The molecule has 0 saturated heterocycles. The first kappa shape index (κ1) is 15.2. The van der Waals surface area contributed by atoms with Crippen LogP contribution in [0.1, 0.15) is 16.7 Å². The van der Waals surface area contributed by atoms with E-state index in [0.717, 1.165) is 5.56 Å². The van der Waals surface area contributed by atoms with Crippen LogP contribution < -0.4 is 4.72 Å². The first-order valence-corrected chi connectivity index (χ1v) is 7.90. The second kappa shape index (κ2) is 6.48. The van der Waals surface area contributed by atoms with Gasteiger partial charge in [-0.05, 0) is 48.7 Å². The molecule has 0 bridgehead atoms. The second-order valence-electron chi connectivity index (χ2n) is 4.60. The molecule has 0 aliphatic heterocycles. The lowest BCUT2D eigenvalue weighted by molar-refractivity contribution is 0.581. The molecular weight excluding hydrogens is 286 g/mol. The van der Waals surface area contributed by atoms with Crippen LogP contribution in [0.2, 0.25) is 0 Å². The minimum Gasteiger partial charge on any atom is -0.264 e. The van der Waals surface area contributed by atoms with Crippen LogP contribution in [0.3, 0.4) is 0 Å². The normalized spacial score (nSPS) is 11.0. The van der Waals surface area contributed by atoms with Crippen molar-refractivity contribution in [2.75, 3.05) is 6.54 Å². The summed E-state index contributed by atoms with van der Waals surface area (Å²) in [6, 6.07) is 10.2. The Morgan fingerprint density at radius 2 is 2.14 bits per heavy atom. The van der Waals surface area contributed by atoms with Crippen LogP contribution in [0.25, 0.3) is 0 Å². The SMILES string of the molecule is Cc1cc(S(=O)(=O)NCCc2cccnc2)ccc1C#N. The van der Waals surface area contributed by atoms with Crippen LogP contribution in [-0.4, -0.2) is 19.9 Å². The average Bonchev–Trinajstić information content (AvgIpc) is 2.48. The molecule has 5 nitrogen and oxygen atoms in total. The quantitative estimate of drug-likeness (QED) is 0.912. The summed E-state index contributed by atoms with van der Waals surface area (Å²) < 4.78 is 26.9. The largest absolute Gasteiger partial charge is 0.264 e. The third-order valence-electron chi connectivity index (χ3n) is 3.06. The molecule has 0 amide bonds. The average molecular weight is 301 g/mol. The van der Waals surface area contributed by atoms with Gasteiger partial charge in [-0.1, -0.05) is 6.07 Å². The van der Waals surface area contributed by atoms with Crippen molar-refractivity contribution in [3.8, 4) is 6.07 Å². The Kier molecular flexibility index (Phi) is 4.68. The van der Waals surface area contributed by atoms with Gasteiger partial charge in [-0.2, -0.15) is 5.26 Å². The van der Waals surface area contributed by atoms with E-state index < -0.39 is 10.0 Å². The number of sulfonamides is 1. The number of pyridine rings is 1. The topological polar surface area (TPSA) is 82.8 Å². The minimum atomic E-state index is -3.56. The molecule has 1 aromatic heterocycles. The summed E-state index contributed by atoms with van der Waals surface area (Å²) in [5, 5.41) is 8.86. The van der Waals surface area contributed by atoms with Crippen LogP contribution >= 0.6 is 0 Å². The van der Waals surface area contributed by atoms with Gasteiger partial charge in [0, 0.05) is 18.9 Å². The van der Waals surface area contributed by atoms with Gasteiger partial charge >= 0.3 is 0 Å². The predicted octanol–water partition coefficient (Wildman–Crippen LogP) is 1.78. The second-order valence-corrected chi connectivity index (χ2v) is 6.36. The first-order chi connectivity index (χ1) is 10.0. The lowest BCUT2D eigenvalue weighted by Crippen LogP contribution is -2.26. The zero-order valence-electron chi connectivity index (χ0n) is 11.6. The molecule has 1 N–H and O–H groups in total. The maximum Gasteiger partial charge on any atom is 0.240 e. The summed E-state index contributed by atoms with van der Waals surface area (Å²) in [5.74, 6) is 0. The molecule has 0 fully saturated rings. The molecule has 1 heterocycles. The standard InChI is InChI=1S/C15H15N3O2S/c1-12-9-15(5-4-14(12)10-16)21(19,20)18-8-6-13-3-2-7-17-11-13/h2-5,7,9,11,18H,6,8H2,1H3. The van der Waals surface area contributed by atoms with Gasteiger partial charge in [-0.3, -0.25) is 4.98 Å². The lowest BCUT2D eigenvalue weighted by Gasteiger charge is -2.08. The number of aryl methyl sites for hydroxylation is 1. The fraction of sp³-hybridized carbons (Fsp3) is 0.200. The fourth-order valence-corrected chi connectivity index (χ4v) is 3.00. The van der Waals surface area contributed by atoms with Crippen molar-refractivity contribution in [3.63, 3.8) is 0 Å². The fourth-order valence-electron chi connectivity index (χ4n) is 1.89. The summed E-state index contributed by atoms with van der Waals surface area (Å²) in [5.41, 5.74) is 2.09. The van der Waals surface area contributed by atoms with Gasteiger partial charge in [-0.15, -0.1) is 0 Å². The number of aromatic nitrogens is 1. The Morgan fingerprint density at radius 3 is 2.76 bits per heavy atom. The van der Waals surface area contributed by atoms with E-state index in [1.165, 1.54) is 18.2 Å². The van der Waals surface area contributed by atoms with E-state index in [0.29, 0.717) is 24.1 Å². The van der Waals surface area contributed by atoms with Gasteiger partial charge in [0.15, 0.2) is 0 Å². The van der Waals surface area contributed by atoms with Crippen molar-refractivity contribution in [1.29, 1.82) is 5.26 Å². The van der Waals surface area contributed by atoms with Crippen LogP contribution in [0.4, 0.5) is 0 Å². The van der Waals surface area contributed by atoms with E-state index >= 15 is 0 Å². The van der Waals surface area contributed by atoms with E-state index in [9.17, 15) is 8.42 Å². The van der Waals surface area contributed by atoms with Gasteiger partial charge < -0.3 is 0 Å². The van der Waals surface area contributed by atoms with E-state index in [2.05, 4.69) is 9.71 Å². The van der Waals surface area contributed by atoms with E-state index in [-0.39, 0.29) is 4.90 Å². The number of hydrogen-bond donors (Lipinski definition) is 1. The third-order valence-corrected chi connectivity index (χ3v) is 4.52. The van der Waals surface area contributed by atoms with Gasteiger partial charge in [0.05, 0.1) is 16.5 Å². The van der Waals surface area contributed by atoms with Crippen molar-refractivity contribution in [3.05, 3.63) is 59.4 Å². The molecule has 0 atom stereocenters. The molecule has 1 aromatic carbocycles. The molecule has 0 radical (unpaired) electrons. The summed E-state index contributed by atoms with van der Waals surface area (Å²) in [7, 11) is -3.56. The molecule has 21 heavy (non-hydrogen) atoms. The zero-order chi connectivity index (χ0) is 15.3. The zero-order valence-corrected chi connectivity index (χ0v) is 12.4. The predicted molar refractivity (Wildman–Crippen MR) is 79.0 cm³/mol. The van der Waals surface area contributed by atoms with Gasteiger partial charge in [0.25, 0.3) is 0 Å². The molecule has 0 unspecified atom stereocenters. The highest BCUT2D eigenvalue weighted by atomic mass is 32.2. The molecule has 0 aliphatic rings. The molecule has 108 valence electrons. The first-order valence-electron chi connectivity index (χ1n) is 6.42. The monoisotopic (exact) mass is 301 g/mol. The Bertz CT molecular complexity index is 765. The van der Waals surface area contributed by atoms with Crippen molar-refractivity contribution < 1.29 is 8.42 Å². The molecular formula is C15H15N3O2S. The summed E-state index contributed by atoms with van der Waals surface area (Å²) in [4.78, 5) is 4.15. The van der Waals surface area contributed by atoms with Crippen molar-refractivity contribution >= 4 is 10.0 Å². The molecule has 2 rings (SSSR count). The highest BCUT2D eigenvalue weighted by Crippen LogP contribution is 2.14. The summed E-state index contributed by atoms with van der Waals surface area (Å²) in [6.45, 7) is 2.01. The molecule has 0 aliphatic carbocycles. The van der Waals surface area contributed by atoms with Gasteiger partial charge in [0.1, 0.15) is 0 Å². The van der Waals surface area contributed by atoms with E-state index in [1.807, 2.05) is 18.2 Å². The van der Waals surface area contributed by atoms with Crippen molar-refractivity contribution in [2.45, 2.75) is 18.2 Å². The Balaban J connectivity index is 2.05. The third kappa shape index (κ3) is 3.88. The molecule has 6 heteroatoms. The Hall–Kier alpha value is -2.23. The Morgan fingerprint density at radius 1 is 1.33 bits per heavy atom. The van der Waals surface area contributed by atoms with Gasteiger partial charge in [-0.25, -0.2) is 13.1 Å². The summed E-state index contributed by atoms with van der Waals surface area (Å²) in [6.07, 6.45) is 3.95. The number of hydrogen-bond acceptors (Lipinski definition) is 4. The molecule has 2 aromatic rings. The maximum absolute atomic E-state index is 12.2. The van der Waals surface area contributed by atoms with E-state index in [4.69, 9.17) is 5.26 Å². The van der Waals surface area contributed by atoms with Crippen LogP contribution in [-0.2, 0) is 16.4 Å². The maximum atomic E-state index is 12.2. The van der Waals surface area contributed by atoms with Gasteiger partial charge in [0.2, 0.25) is 10.0 Å². The van der Waals surface area contributed by atoms with Crippen LogP contribution in [0.5, 0.6) is 0 Å². The number of benzene rings is 1. The van der Waals surface area contributed by atoms with E-state index in [1.54, 1.807) is 19.3 Å². The van der Waals surface area contributed by atoms with Crippen molar-refractivity contribution in [1.82, 2.24) is 9.71 Å². The number of nitriles is 1. The molecule has 0 spiro atoms. The number of nitrogens with zero attached hydrogens (tertiary/aromatic N) is 2. The minimum absolute atomic E-state index is 0.171. The smallest absolute Gasteiger partial charge is 0.240 e. The highest BCUT2D eigenvalue weighted by Gasteiger charge is 2.14. The highest BCUT2D eigenvalue weighted by molar-refractivity contribution is 7.89. The lowest BCUT2D eigenvalue weighted by atomic mass is 10.1. The van der Waals surface area contributed by atoms with Crippen LogP contribution in [0, 0.1) is 18.3 Å². The number of nitrogens with one attached hydrogen (secondary N) is 1. The molecule has 0 saturated carbocycles. The van der Waals surface area contributed by atoms with Crippen LogP contribution in [0.15, 0.2) is 47.6 Å². The van der Waals surface area contributed by atoms with Crippen molar-refractivity contribution in [2.24, 2.45) is 0 Å². The number of rotatable bonds is 5.